The summed E-state index contributed by atoms with van der Waals surface area (Å²) in [4.78, 5) is 16.9. The minimum atomic E-state index is -0.226. The molecule has 0 spiro atoms. The van der Waals surface area contributed by atoms with Crippen molar-refractivity contribution in [3.8, 4) is 5.75 Å². The maximum Gasteiger partial charge on any atom is 0.337 e. The number of hydrogen-bond donors (Lipinski definition) is 1. The van der Waals surface area contributed by atoms with E-state index in [-0.39, 0.29) is 5.69 Å². The molecule has 124 valence electrons. The summed E-state index contributed by atoms with van der Waals surface area (Å²) in [6.07, 6.45) is 0. The quantitative estimate of drug-likeness (QED) is 0.729. The Morgan fingerprint density at radius 3 is 2.67 bits per heavy atom. The van der Waals surface area contributed by atoms with Crippen LogP contribution in [-0.2, 0) is 6.54 Å². The van der Waals surface area contributed by atoms with Crippen molar-refractivity contribution >= 4 is 40.4 Å². The van der Waals surface area contributed by atoms with Crippen molar-refractivity contribution in [3.05, 3.63) is 73.9 Å². The highest BCUT2D eigenvalue weighted by molar-refractivity contribution is 7.02. The molecule has 3 rings (SSSR count). The lowest BCUT2D eigenvalue weighted by molar-refractivity contribution is 0.294. The van der Waals surface area contributed by atoms with E-state index in [1.807, 2.05) is 30.3 Å². The number of hydrogen-bond acceptors (Lipinski definition) is 4. The molecule has 0 amide bonds. The van der Waals surface area contributed by atoms with Crippen LogP contribution in [0.15, 0.2) is 58.3 Å². The number of aromatic amines is 1. The number of para-hydroxylation sites is 1. The Balaban J connectivity index is 1.79. The van der Waals surface area contributed by atoms with Gasteiger partial charge >= 0.3 is 5.69 Å². The minimum Gasteiger partial charge on any atom is -0.492 e. The van der Waals surface area contributed by atoms with E-state index >= 15 is 0 Å². The van der Waals surface area contributed by atoms with Crippen LogP contribution in [0.25, 0.3) is 0 Å². The van der Waals surface area contributed by atoms with Gasteiger partial charge in [-0.25, -0.2) is 9.79 Å². The van der Waals surface area contributed by atoms with Crippen molar-refractivity contribution < 1.29 is 4.74 Å². The molecule has 0 radical (unpaired) electrons. The molecule has 8 heteroatoms. The molecule has 1 aromatic heterocycles. The number of H-pyrrole nitrogens is 1. The van der Waals surface area contributed by atoms with Gasteiger partial charge in [-0.3, -0.25) is 8.94 Å². The van der Waals surface area contributed by atoms with Gasteiger partial charge in [-0.15, -0.1) is 0 Å². The molecule has 0 aliphatic carbocycles. The number of rotatable bonds is 5. The van der Waals surface area contributed by atoms with Crippen LogP contribution < -0.4 is 15.2 Å². The third-order valence-corrected chi connectivity index (χ3v) is 4.67. The van der Waals surface area contributed by atoms with Crippen molar-refractivity contribution in [1.29, 1.82) is 0 Å². The Kier molecular flexibility index (Phi) is 5.40. The smallest absolute Gasteiger partial charge is 0.337 e. The summed E-state index contributed by atoms with van der Waals surface area (Å²) in [7, 11) is 0. The Morgan fingerprint density at radius 1 is 1.12 bits per heavy atom. The van der Waals surface area contributed by atoms with Gasteiger partial charge in [-0.05, 0) is 41.9 Å². The Labute approximate surface area is 151 Å². The summed E-state index contributed by atoms with van der Waals surface area (Å²) in [5, 5.41) is 0.877. The third kappa shape index (κ3) is 4.08. The van der Waals surface area contributed by atoms with Crippen LogP contribution in [0.1, 0.15) is 0 Å². The molecule has 0 atom stereocenters. The van der Waals surface area contributed by atoms with Crippen molar-refractivity contribution in [1.82, 2.24) is 8.94 Å². The summed E-state index contributed by atoms with van der Waals surface area (Å²) < 4.78 is 9.82. The van der Waals surface area contributed by atoms with Crippen LogP contribution >= 0.6 is 34.7 Å². The molecular formula is C16H13Cl2N3O2S. The lowest BCUT2D eigenvalue weighted by Crippen LogP contribution is -2.29. The first-order valence-electron chi connectivity index (χ1n) is 7.09. The summed E-state index contributed by atoms with van der Waals surface area (Å²) in [5.41, 5.74) is 0.396. The number of nitrogens with one attached hydrogen (secondary N) is 1. The van der Waals surface area contributed by atoms with Crippen molar-refractivity contribution in [3.63, 3.8) is 0 Å². The average molecular weight is 382 g/mol. The van der Waals surface area contributed by atoms with E-state index in [0.717, 1.165) is 17.3 Å². The summed E-state index contributed by atoms with van der Waals surface area (Å²) >= 11 is 13.0. The van der Waals surface area contributed by atoms with E-state index in [2.05, 4.69) is 9.37 Å². The molecule has 1 N–H and O–H groups in total. The first-order chi connectivity index (χ1) is 11.6. The zero-order chi connectivity index (χ0) is 16.9. The van der Waals surface area contributed by atoms with Crippen LogP contribution in [0.5, 0.6) is 5.75 Å². The van der Waals surface area contributed by atoms with Gasteiger partial charge < -0.3 is 4.74 Å². The molecule has 0 aliphatic heterocycles. The number of halogens is 2. The molecule has 0 saturated carbocycles. The SMILES string of the molecule is O=c1[nH]s/c(=N/c2ccc(Cl)c(Cl)c2)n1CCOc1ccccc1. The second kappa shape index (κ2) is 7.70. The van der Waals surface area contributed by atoms with E-state index in [1.54, 1.807) is 18.2 Å². The van der Waals surface area contributed by atoms with E-state index < -0.39 is 0 Å². The highest BCUT2D eigenvalue weighted by atomic mass is 35.5. The molecule has 24 heavy (non-hydrogen) atoms. The van der Waals surface area contributed by atoms with Gasteiger partial charge in [0.1, 0.15) is 12.4 Å². The van der Waals surface area contributed by atoms with Crippen LogP contribution in [0.3, 0.4) is 0 Å². The lowest BCUT2D eigenvalue weighted by Gasteiger charge is -2.05. The van der Waals surface area contributed by atoms with E-state index in [0.29, 0.717) is 33.7 Å². The van der Waals surface area contributed by atoms with Crippen molar-refractivity contribution in [2.75, 3.05) is 6.61 Å². The summed E-state index contributed by atoms with van der Waals surface area (Å²) in [6, 6.07) is 14.5. The Bertz CT molecular complexity index is 948. The van der Waals surface area contributed by atoms with Crippen molar-refractivity contribution in [2.24, 2.45) is 4.99 Å². The second-order valence-corrected chi connectivity index (χ2v) is 6.40. The third-order valence-electron chi connectivity index (χ3n) is 3.16. The molecule has 0 fully saturated rings. The lowest BCUT2D eigenvalue weighted by atomic mass is 10.3. The number of benzene rings is 2. The molecule has 0 aliphatic rings. The topological polar surface area (TPSA) is 59.4 Å². The molecular weight excluding hydrogens is 369 g/mol. The number of ether oxygens (including phenoxy) is 1. The monoisotopic (exact) mass is 381 g/mol. The van der Waals surface area contributed by atoms with Gasteiger partial charge in [0.2, 0.25) is 4.80 Å². The predicted octanol–water partition coefficient (Wildman–Crippen LogP) is 3.86. The normalized spacial score (nSPS) is 11.7. The van der Waals surface area contributed by atoms with Gasteiger partial charge in [0.05, 0.1) is 22.3 Å². The van der Waals surface area contributed by atoms with Crippen molar-refractivity contribution in [2.45, 2.75) is 6.54 Å². The minimum absolute atomic E-state index is 0.226. The van der Waals surface area contributed by atoms with Crippen LogP contribution in [0.2, 0.25) is 10.0 Å². The van der Waals surface area contributed by atoms with E-state index in [4.69, 9.17) is 27.9 Å². The van der Waals surface area contributed by atoms with Crippen LogP contribution in [0, 0.1) is 0 Å². The molecule has 0 saturated heterocycles. The zero-order valence-corrected chi connectivity index (χ0v) is 14.7. The first kappa shape index (κ1) is 16.8. The van der Waals surface area contributed by atoms with Gasteiger partial charge in [0.15, 0.2) is 0 Å². The Morgan fingerprint density at radius 2 is 1.92 bits per heavy atom. The highest BCUT2D eigenvalue weighted by Crippen LogP contribution is 2.26. The number of aromatic nitrogens is 2. The molecule has 3 aromatic rings. The fourth-order valence-corrected chi connectivity index (χ4v) is 3.02. The van der Waals surface area contributed by atoms with Crippen LogP contribution in [0.4, 0.5) is 5.69 Å². The molecule has 5 nitrogen and oxygen atoms in total. The van der Waals surface area contributed by atoms with Gasteiger partial charge in [-0.2, -0.15) is 0 Å². The van der Waals surface area contributed by atoms with Crippen LogP contribution in [-0.4, -0.2) is 15.5 Å². The molecule has 0 unspecified atom stereocenters. The number of nitrogens with zero attached hydrogens (tertiary/aromatic N) is 2. The Hall–Kier alpha value is -2.02. The van der Waals surface area contributed by atoms with Gasteiger partial charge in [0, 0.05) is 0 Å². The second-order valence-electron chi connectivity index (χ2n) is 4.82. The maximum atomic E-state index is 11.9. The fourth-order valence-electron chi connectivity index (χ4n) is 2.00. The molecule has 0 bridgehead atoms. The average Bonchev–Trinajstić information content (AvgIpc) is 2.92. The first-order valence-corrected chi connectivity index (χ1v) is 8.66. The summed E-state index contributed by atoms with van der Waals surface area (Å²) in [6.45, 7) is 0.742. The predicted molar refractivity (Wildman–Crippen MR) is 96.6 cm³/mol. The van der Waals surface area contributed by atoms with Gasteiger partial charge in [-0.1, -0.05) is 41.4 Å². The zero-order valence-electron chi connectivity index (χ0n) is 12.4. The fraction of sp³-hybridized carbons (Fsp3) is 0.125. The van der Waals surface area contributed by atoms with Gasteiger partial charge in [0.25, 0.3) is 0 Å². The van der Waals surface area contributed by atoms with E-state index in [1.165, 1.54) is 4.57 Å². The molecule has 2 aromatic carbocycles. The highest BCUT2D eigenvalue weighted by Gasteiger charge is 2.04. The largest absolute Gasteiger partial charge is 0.492 e. The molecule has 1 heterocycles. The van der Waals surface area contributed by atoms with E-state index in [9.17, 15) is 4.79 Å². The standard InChI is InChI=1S/C16H13Cl2N3O2S/c17-13-7-6-11(10-14(13)18)19-16-21(15(22)20-24-16)8-9-23-12-4-2-1-3-5-12/h1-7,10H,8-9H2,(H,20,22)/b19-16+. The summed E-state index contributed by atoms with van der Waals surface area (Å²) in [5.74, 6) is 0.757. The maximum absolute atomic E-state index is 11.9.